The number of aromatic hydroxyl groups is 1. The minimum absolute atomic E-state index is 0.00372. The van der Waals surface area contributed by atoms with Gasteiger partial charge in [-0.1, -0.05) is 27.7 Å². The first-order valence-electron chi connectivity index (χ1n) is 7.97. The Morgan fingerprint density at radius 2 is 1.52 bits per heavy atom. The molecule has 1 aromatic heterocycles. The summed E-state index contributed by atoms with van der Waals surface area (Å²) in [5.41, 5.74) is 0.624. The molecule has 1 aromatic carbocycles. The standard InChI is InChI=1S/C19H20F3NO2/c1-10(2)14-7-13(8-15(11(3)4)18(14)25)17(24)12-5-6-16(23-9-12)19(20,21)22/h5-11,25H,1-4H3. The van der Waals surface area contributed by atoms with Crippen molar-refractivity contribution in [3.8, 4) is 5.75 Å². The molecule has 0 bridgehead atoms. The van der Waals surface area contributed by atoms with Gasteiger partial charge in [0.05, 0.1) is 0 Å². The molecule has 0 saturated carbocycles. The summed E-state index contributed by atoms with van der Waals surface area (Å²) in [6.07, 6.45) is -3.61. The number of nitrogens with zero attached hydrogens (tertiary/aromatic N) is 1. The molecule has 2 rings (SSSR count). The van der Waals surface area contributed by atoms with Crippen LogP contribution in [0.2, 0.25) is 0 Å². The molecule has 0 fully saturated rings. The van der Waals surface area contributed by atoms with E-state index in [9.17, 15) is 23.1 Å². The zero-order chi connectivity index (χ0) is 18.9. The third kappa shape index (κ3) is 4.00. The fourth-order valence-electron chi connectivity index (χ4n) is 2.55. The van der Waals surface area contributed by atoms with Crippen LogP contribution in [0, 0.1) is 0 Å². The number of carbonyl (C=O) groups excluding carboxylic acids is 1. The Bertz CT molecular complexity index is 749. The van der Waals surface area contributed by atoms with Gasteiger partial charge in [0.15, 0.2) is 5.78 Å². The summed E-state index contributed by atoms with van der Waals surface area (Å²) in [6.45, 7) is 7.58. The summed E-state index contributed by atoms with van der Waals surface area (Å²) >= 11 is 0. The van der Waals surface area contributed by atoms with Gasteiger partial charge in [0, 0.05) is 17.3 Å². The topological polar surface area (TPSA) is 50.2 Å². The minimum Gasteiger partial charge on any atom is -0.507 e. The molecule has 1 N–H and O–H groups in total. The number of rotatable bonds is 4. The van der Waals surface area contributed by atoms with Gasteiger partial charge in [0.1, 0.15) is 11.4 Å². The lowest BCUT2D eigenvalue weighted by atomic mass is 9.89. The maximum Gasteiger partial charge on any atom is 0.433 e. The Labute approximate surface area is 144 Å². The molecule has 25 heavy (non-hydrogen) atoms. The number of benzene rings is 1. The van der Waals surface area contributed by atoms with Crippen molar-refractivity contribution >= 4 is 5.78 Å². The molecule has 134 valence electrons. The fourth-order valence-corrected chi connectivity index (χ4v) is 2.55. The molecule has 0 spiro atoms. The van der Waals surface area contributed by atoms with E-state index in [1.54, 1.807) is 12.1 Å². The first-order valence-corrected chi connectivity index (χ1v) is 7.97. The molecule has 6 heteroatoms. The predicted molar refractivity (Wildman–Crippen MR) is 89.0 cm³/mol. The van der Waals surface area contributed by atoms with Crippen molar-refractivity contribution in [2.75, 3.05) is 0 Å². The Kier molecular flexibility index (Phi) is 5.20. The number of alkyl halides is 3. The zero-order valence-electron chi connectivity index (χ0n) is 14.5. The smallest absolute Gasteiger partial charge is 0.433 e. The SMILES string of the molecule is CC(C)c1cc(C(=O)c2ccc(C(F)(F)F)nc2)cc(C(C)C)c1O. The predicted octanol–water partition coefficient (Wildman–Crippen LogP) is 5.28. The second-order valence-electron chi connectivity index (χ2n) is 6.57. The summed E-state index contributed by atoms with van der Waals surface area (Å²) in [6, 6.07) is 5.09. The molecule has 0 unspecified atom stereocenters. The van der Waals surface area contributed by atoms with Crippen LogP contribution in [0.5, 0.6) is 5.75 Å². The Hall–Kier alpha value is -2.37. The molecular weight excluding hydrogens is 331 g/mol. The molecule has 0 saturated heterocycles. The monoisotopic (exact) mass is 351 g/mol. The molecule has 0 aliphatic rings. The van der Waals surface area contributed by atoms with Crippen LogP contribution in [0.1, 0.15) is 72.3 Å². The van der Waals surface area contributed by atoms with E-state index in [2.05, 4.69) is 4.98 Å². The molecular formula is C19H20F3NO2. The lowest BCUT2D eigenvalue weighted by Gasteiger charge is -2.17. The molecule has 0 atom stereocenters. The van der Waals surface area contributed by atoms with E-state index in [1.165, 1.54) is 0 Å². The van der Waals surface area contributed by atoms with Gasteiger partial charge >= 0.3 is 6.18 Å². The third-order valence-electron chi connectivity index (χ3n) is 3.99. The second-order valence-corrected chi connectivity index (χ2v) is 6.57. The molecule has 0 amide bonds. The van der Waals surface area contributed by atoms with E-state index in [-0.39, 0.29) is 23.1 Å². The fraction of sp³-hybridized carbons (Fsp3) is 0.368. The maximum absolute atomic E-state index is 12.7. The highest BCUT2D eigenvalue weighted by molar-refractivity contribution is 6.09. The van der Waals surface area contributed by atoms with Crippen LogP contribution in [0.3, 0.4) is 0 Å². The van der Waals surface area contributed by atoms with Crippen molar-refractivity contribution in [3.63, 3.8) is 0 Å². The highest BCUT2D eigenvalue weighted by atomic mass is 19.4. The van der Waals surface area contributed by atoms with Crippen molar-refractivity contribution in [1.29, 1.82) is 0 Å². The molecule has 0 aliphatic heterocycles. The first kappa shape index (κ1) is 19.0. The molecule has 2 aromatic rings. The van der Waals surface area contributed by atoms with E-state index in [1.807, 2.05) is 27.7 Å². The Balaban J connectivity index is 2.48. The number of hydrogen-bond donors (Lipinski definition) is 1. The van der Waals surface area contributed by atoms with Crippen molar-refractivity contribution in [1.82, 2.24) is 4.98 Å². The minimum atomic E-state index is -4.55. The summed E-state index contributed by atoms with van der Waals surface area (Å²) < 4.78 is 37.8. The number of carbonyl (C=O) groups is 1. The maximum atomic E-state index is 12.7. The summed E-state index contributed by atoms with van der Waals surface area (Å²) in [7, 11) is 0. The van der Waals surface area contributed by atoms with Crippen LogP contribution < -0.4 is 0 Å². The van der Waals surface area contributed by atoms with Crippen LogP contribution in [-0.2, 0) is 6.18 Å². The normalized spacial score (nSPS) is 12.0. The van der Waals surface area contributed by atoms with E-state index in [4.69, 9.17) is 0 Å². The Morgan fingerprint density at radius 1 is 1.00 bits per heavy atom. The zero-order valence-corrected chi connectivity index (χ0v) is 14.5. The summed E-state index contributed by atoms with van der Waals surface area (Å²) in [5.74, 6) is -0.274. The number of pyridine rings is 1. The number of aromatic nitrogens is 1. The molecule has 0 radical (unpaired) electrons. The number of phenols is 1. The quantitative estimate of drug-likeness (QED) is 0.762. The van der Waals surface area contributed by atoms with Crippen molar-refractivity contribution in [2.45, 2.75) is 45.7 Å². The number of ketones is 1. The van der Waals surface area contributed by atoms with Gasteiger partial charge < -0.3 is 5.11 Å². The van der Waals surface area contributed by atoms with Gasteiger partial charge in [-0.3, -0.25) is 9.78 Å². The first-order chi connectivity index (χ1) is 11.5. The largest absolute Gasteiger partial charge is 0.507 e. The highest BCUT2D eigenvalue weighted by Gasteiger charge is 2.32. The third-order valence-corrected chi connectivity index (χ3v) is 3.99. The van der Waals surface area contributed by atoms with Crippen molar-refractivity contribution in [2.24, 2.45) is 0 Å². The lowest BCUT2D eigenvalue weighted by Crippen LogP contribution is -2.10. The van der Waals surface area contributed by atoms with Gasteiger partial charge in [-0.25, -0.2) is 0 Å². The molecule has 0 aliphatic carbocycles. The van der Waals surface area contributed by atoms with Crippen LogP contribution in [-0.4, -0.2) is 15.9 Å². The van der Waals surface area contributed by atoms with E-state index < -0.39 is 17.7 Å². The second kappa shape index (κ2) is 6.86. The van der Waals surface area contributed by atoms with Crippen LogP contribution in [0.15, 0.2) is 30.5 Å². The lowest BCUT2D eigenvalue weighted by molar-refractivity contribution is -0.141. The Morgan fingerprint density at radius 3 is 1.88 bits per heavy atom. The average Bonchev–Trinajstić information content (AvgIpc) is 2.53. The number of phenolic OH excluding ortho intramolecular Hbond substituents is 1. The summed E-state index contributed by atoms with van der Waals surface area (Å²) in [4.78, 5) is 16.0. The molecule has 1 heterocycles. The summed E-state index contributed by atoms with van der Waals surface area (Å²) in [5, 5.41) is 10.4. The average molecular weight is 351 g/mol. The van der Waals surface area contributed by atoms with Crippen LogP contribution >= 0.6 is 0 Å². The van der Waals surface area contributed by atoms with E-state index in [0.717, 1.165) is 18.3 Å². The van der Waals surface area contributed by atoms with Crippen molar-refractivity contribution < 1.29 is 23.1 Å². The van der Waals surface area contributed by atoms with Crippen molar-refractivity contribution in [3.05, 3.63) is 58.4 Å². The van der Waals surface area contributed by atoms with Gasteiger partial charge in [-0.05, 0) is 47.2 Å². The number of hydrogen-bond acceptors (Lipinski definition) is 3. The van der Waals surface area contributed by atoms with Crippen LogP contribution in [0.4, 0.5) is 13.2 Å². The highest BCUT2D eigenvalue weighted by Crippen LogP contribution is 2.35. The van der Waals surface area contributed by atoms with Gasteiger partial charge in [0.25, 0.3) is 0 Å². The van der Waals surface area contributed by atoms with E-state index >= 15 is 0 Å². The van der Waals surface area contributed by atoms with Gasteiger partial charge in [-0.2, -0.15) is 13.2 Å². The number of halogens is 3. The molecule has 3 nitrogen and oxygen atoms in total. The van der Waals surface area contributed by atoms with Gasteiger partial charge in [-0.15, -0.1) is 0 Å². The van der Waals surface area contributed by atoms with Crippen LogP contribution in [0.25, 0.3) is 0 Å². The van der Waals surface area contributed by atoms with E-state index in [0.29, 0.717) is 16.7 Å². The van der Waals surface area contributed by atoms with Gasteiger partial charge in [0.2, 0.25) is 0 Å².